The molecule has 0 aromatic heterocycles. The van der Waals surface area contributed by atoms with E-state index in [2.05, 4.69) is 62.5 Å². The first kappa shape index (κ1) is 43.2. The quantitative estimate of drug-likeness (QED) is 0.0394. The van der Waals surface area contributed by atoms with Gasteiger partial charge in [-0.15, -0.1) is 0 Å². The van der Waals surface area contributed by atoms with E-state index >= 15 is 0 Å². The third-order valence-corrected chi connectivity index (χ3v) is 7.96. The van der Waals surface area contributed by atoms with Gasteiger partial charge in [-0.05, 0) is 64.2 Å². The lowest BCUT2D eigenvalue weighted by Gasteiger charge is -2.39. The molecule has 0 bridgehead atoms. The first-order valence-electron chi connectivity index (χ1n) is 18.2. The van der Waals surface area contributed by atoms with Crippen molar-refractivity contribution in [2.75, 3.05) is 26.4 Å². The number of hydrogen-bond acceptors (Lipinski definition) is 9. The van der Waals surface area contributed by atoms with E-state index in [1.807, 2.05) is 0 Å². The molecule has 0 spiro atoms. The van der Waals surface area contributed by atoms with Crippen LogP contribution < -0.4 is 0 Å². The predicted molar refractivity (Wildman–Crippen MR) is 187 cm³/mol. The zero-order valence-electron chi connectivity index (χ0n) is 29.3. The number of allylic oxidation sites excluding steroid dienone is 8. The Labute approximate surface area is 284 Å². The van der Waals surface area contributed by atoms with E-state index in [0.29, 0.717) is 13.0 Å². The van der Waals surface area contributed by atoms with Crippen molar-refractivity contribution < 1.29 is 44.2 Å². The summed E-state index contributed by atoms with van der Waals surface area (Å²) >= 11 is 0. The summed E-state index contributed by atoms with van der Waals surface area (Å²) in [5.41, 5.74) is 0. The lowest BCUT2D eigenvalue weighted by molar-refractivity contribution is -0.305. The van der Waals surface area contributed by atoms with Crippen LogP contribution in [0.4, 0.5) is 0 Å². The molecular weight excluding hydrogens is 600 g/mol. The fourth-order valence-electron chi connectivity index (χ4n) is 5.09. The third kappa shape index (κ3) is 22.4. The minimum atomic E-state index is -1.54. The van der Waals surface area contributed by atoms with Crippen molar-refractivity contribution >= 4 is 5.97 Å². The number of aliphatic hydroxyl groups excluding tert-OH is 4. The van der Waals surface area contributed by atoms with Gasteiger partial charge in [0.05, 0.1) is 19.8 Å². The molecule has 0 radical (unpaired) electrons. The van der Waals surface area contributed by atoms with Gasteiger partial charge in [-0.25, -0.2) is 0 Å². The number of aliphatic hydroxyl groups is 4. The molecule has 1 aliphatic heterocycles. The van der Waals surface area contributed by atoms with Crippen molar-refractivity contribution in [2.45, 2.75) is 160 Å². The average Bonchev–Trinajstić information content (AvgIpc) is 3.07. The molecule has 0 amide bonds. The summed E-state index contributed by atoms with van der Waals surface area (Å²) in [6, 6.07) is 0. The van der Waals surface area contributed by atoms with Crippen LogP contribution >= 0.6 is 0 Å². The lowest BCUT2D eigenvalue weighted by Crippen LogP contribution is -2.59. The van der Waals surface area contributed by atoms with Crippen molar-refractivity contribution in [1.82, 2.24) is 0 Å². The molecule has 47 heavy (non-hydrogen) atoms. The summed E-state index contributed by atoms with van der Waals surface area (Å²) in [4.78, 5) is 12.6. The van der Waals surface area contributed by atoms with Gasteiger partial charge in [-0.2, -0.15) is 0 Å². The van der Waals surface area contributed by atoms with E-state index in [-0.39, 0.29) is 25.6 Å². The van der Waals surface area contributed by atoms with Gasteiger partial charge in [0.15, 0.2) is 6.29 Å². The Morgan fingerprint density at radius 1 is 0.702 bits per heavy atom. The number of ether oxygens (including phenoxy) is 4. The first-order valence-corrected chi connectivity index (χ1v) is 18.2. The maximum atomic E-state index is 12.6. The standard InChI is InChI=1S/C38H66O9/c1-3-5-7-9-11-13-15-16-17-19-21-23-25-27-34(40)46-32(31-45-38-37(43)36(42)35(41)33(29-39)47-38)30-44-28-26-24-22-20-18-14-12-10-8-6-4-2/h5,7-8,10-11,13,16-17,32-33,35-39,41-43H,3-4,6,9,12,14-15,18-31H2,1-2H3/b7-5-,10-8-,13-11-,17-16-. The Balaban J connectivity index is 2.39. The number of esters is 1. The predicted octanol–water partition coefficient (Wildman–Crippen LogP) is 6.63. The van der Waals surface area contributed by atoms with Crippen molar-refractivity contribution in [3.63, 3.8) is 0 Å². The highest BCUT2D eigenvalue weighted by Gasteiger charge is 2.44. The first-order chi connectivity index (χ1) is 22.9. The Morgan fingerprint density at radius 2 is 1.30 bits per heavy atom. The third-order valence-electron chi connectivity index (χ3n) is 7.96. The molecule has 272 valence electrons. The maximum absolute atomic E-state index is 12.6. The monoisotopic (exact) mass is 666 g/mol. The summed E-state index contributed by atoms with van der Waals surface area (Å²) in [5, 5.41) is 39.9. The van der Waals surface area contributed by atoms with Crippen LogP contribution in [0, 0.1) is 0 Å². The maximum Gasteiger partial charge on any atom is 0.306 e. The molecule has 6 atom stereocenters. The summed E-state index contributed by atoms with van der Waals surface area (Å²) < 4.78 is 22.6. The largest absolute Gasteiger partial charge is 0.457 e. The van der Waals surface area contributed by atoms with Crippen molar-refractivity contribution in [1.29, 1.82) is 0 Å². The van der Waals surface area contributed by atoms with Crippen LogP contribution in [-0.4, -0.2) is 89.6 Å². The van der Waals surface area contributed by atoms with Crippen LogP contribution in [0.1, 0.15) is 123 Å². The Hall–Kier alpha value is -1.85. The van der Waals surface area contributed by atoms with Crippen LogP contribution in [-0.2, 0) is 23.7 Å². The summed E-state index contributed by atoms with van der Waals surface area (Å²) in [7, 11) is 0. The van der Waals surface area contributed by atoms with Crippen molar-refractivity contribution in [3.8, 4) is 0 Å². The number of carbonyl (C=O) groups is 1. The topological polar surface area (TPSA) is 135 Å². The molecule has 1 aliphatic rings. The second-order valence-corrected chi connectivity index (χ2v) is 12.3. The highest BCUT2D eigenvalue weighted by molar-refractivity contribution is 5.69. The molecule has 0 saturated carbocycles. The van der Waals surface area contributed by atoms with Gasteiger partial charge in [0.1, 0.15) is 30.5 Å². The molecule has 6 unspecified atom stereocenters. The molecule has 9 heteroatoms. The minimum Gasteiger partial charge on any atom is -0.457 e. The highest BCUT2D eigenvalue weighted by Crippen LogP contribution is 2.22. The van der Waals surface area contributed by atoms with Crippen LogP contribution in [0.2, 0.25) is 0 Å². The molecule has 1 saturated heterocycles. The minimum absolute atomic E-state index is 0.126. The van der Waals surface area contributed by atoms with Gasteiger partial charge in [0.2, 0.25) is 0 Å². The molecule has 9 nitrogen and oxygen atoms in total. The summed E-state index contributed by atoms with van der Waals surface area (Å²) in [6.07, 6.45) is 27.1. The Kier molecular flexibility index (Phi) is 27.8. The van der Waals surface area contributed by atoms with E-state index in [1.165, 1.54) is 25.7 Å². The van der Waals surface area contributed by atoms with E-state index in [1.54, 1.807) is 0 Å². The zero-order valence-corrected chi connectivity index (χ0v) is 29.3. The van der Waals surface area contributed by atoms with Crippen molar-refractivity contribution in [3.05, 3.63) is 48.6 Å². The lowest BCUT2D eigenvalue weighted by atomic mass is 9.99. The van der Waals surface area contributed by atoms with Crippen LogP contribution in [0.5, 0.6) is 0 Å². The van der Waals surface area contributed by atoms with Gasteiger partial charge in [0, 0.05) is 13.0 Å². The number of unbranched alkanes of at least 4 members (excludes halogenated alkanes) is 10. The zero-order chi connectivity index (χ0) is 34.4. The highest BCUT2D eigenvalue weighted by atomic mass is 16.7. The molecule has 1 fully saturated rings. The van der Waals surface area contributed by atoms with E-state index in [9.17, 15) is 25.2 Å². The average molecular weight is 667 g/mol. The van der Waals surface area contributed by atoms with Crippen LogP contribution in [0.3, 0.4) is 0 Å². The molecule has 0 aromatic rings. The second-order valence-electron chi connectivity index (χ2n) is 12.3. The number of carbonyl (C=O) groups excluding carboxylic acids is 1. The van der Waals surface area contributed by atoms with Gasteiger partial charge in [0.25, 0.3) is 0 Å². The molecule has 0 aromatic carbocycles. The van der Waals surface area contributed by atoms with Crippen molar-refractivity contribution in [2.24, 2.45) is 0 Å². The Morgan fingerprint density at radius 3 is 1.98 bits per heavy atom. The second kappa shape index (κ2) is 30.2. The summed E-state index contributed by atoms with van der Waals surface area (Å²) in [5.74, 6) is -0.349. The molecule has 0 aliphatic carbocycles. The van der Waals surface area contributed by atoms with Gasteiger partial charge in [-0.3, -0.25) is 4.79 Å². The van der Waals surface area contributed by atoms with E-state index in [4.69, 9.17) is 18.9 Å². The van der Waals surface area contributed by atoms with Crippen LogP contribution in [0.15, 0.2) is 48.6 Å². The smallest absolute Gasteiger partial charge is 0.306 e. The normalized spacial score (nSPS) is 22.7. The van der Waals surface area contributed by atoms with Gasteiger partial charge >= 0.3 is 5.97 Å². The molecule has 1 rings (SSSR count). The Bertz CT molecular complexity index is 854. The van der Waals surface area contributed by atoms with Gasteiger partial charge in [-0.1, -0.05) is 101 Å². The van der Waals surface area contributed by atoms with E-state index < -0.39 is 43.4 Å². The molecule has 1 heterocycles. The van der Waals surface area contributed by atoms with Crippen LogP contribution in [0.25, 0.3) is 0 Å². The van der Waals surface area contributed by atoms with E-state index in [0.717, 1.165) is 70.6 Å². The fraction of sp³-hybridized carbons (Fsp3) is 0.763. The van der Waals surface area contributed by atoms with Gasteiger partial charge < -0.3 is 39.4 Å². The molecule has 4 N–H and O–H groups in total. The summed E-state index contributed by atoms with van der Waals surface area (Å²) in [6.45, 7) is 4.30. The number of rotatable bonds is 29. The fourth-order valence-corrected chi connectivity index (χ4v) is 5.09. The molecular formula is C38H66O9. The SMILES string of the molecule is CC/C=C\C/C=C\C/C=C\CCCCCC(=O)OC(COCCCCCCCC/C=C\CCC)COC1OC(CO)C(O)C(O)C1O. The number of hydrogen-bond donors (Lipinski definition) is 4.